The lowest BCUT2D eigenvalue weighted by Gasteiger charge is -2.25. The maximum absolute atomic E-state index is 14.2. The van der Waals surface area contributed by atoms with Crippen molar-refractivity contribution in [3.63, 3.8) is 0 Å². The third kappa shape index (κ3) is 6.17. The zero-order valence-corrected chi connectivity index (χ0v) is 18.4. The van der Waals surface area contributed by atoms with E-state index in [4.69, 9.17) is 9.47 Å². The SMILES string of the molecule is CCOC(=O)c1ccc(C(C)(C)CCCc2ccc(F)c(Oc3ccccc3)c2)cc1. The fraction of sp³-hybridized carbons (Fsp3) is 0.296. The summed E-state index contributed by atoms with van der Waals surface area (Å²) in [6.07, 6.45) is 2.73. The van der Waals surface area contributed by atoms with Gasteiger partial charge in [-0.05, 0) is 79.1 Å². The molecule has 0 aromatic heterocycles. The molecule has 0 heterocycles. The Morgan fingerprint density at radius 2 is 1.68 bits per heavy atom. The van der Waals surface area contributed by atoms with Gasteiger partial charge in [0.1, 0.15) is 5.75 Å². The minimum Gasteiger partial charge on any atom is -0.462 e. The summed E-state index contributed by atoms with van der Waals surface area (Å²) in [7, 11) is 0. The first kappa shape index (κ1) is 22.5. The van der Waals surface area contributed by atoms with E-state index in [1.807, 2.05) is 60.7 Å². The predicted octanol–water partition coefficient (Wildman–Crippen LogP) is 7.10. The summed E-state index contributed by atoms with van der Waals surface area (Å²) in [4.78, 5) is 11.8. The first-order valence-electron chi connectivity index (χ1n) is 10.7. The van der Waals surface area contributed by atoms with Crippen LogP contribution in [0.15, 0.2) is 72.8 Å². The molecule has 0 bridgehead atoms. The van der Waals surface area contributed by atoms with E-state index in [2.05, 4.69) is 13.8 Å². The molecule has 4 heteroatoms. The van der Waals surface area contributed by atoms with E-state index in [1.165, 1.54) is 11.6 Å². The van der Waals surface area contributed by atoms with Gasteiger partial charge in [0.15, 0.2) is 11.6 Å². The first-order chi connectivity index (χ1) is 14.9. The molecule has 3 aromatic rings. The lowest BCUT2D eigenvalue weighted by atomic mass is 9.79. The number of esters is 1. The van der Waals surface area contributed by atoms with Crippen LogP contribution in [-0.2, 0) is 16.6 Å². The van der Waals surface area contributed by atoms with Gasteiger partial charge in [-0.15, -0.1) is 0 Å². The highest BCUT2D eigenvalue weighted by Crippen LogP contribution is 2.31. The Balaban J connectivity index is 1.60. The van der Waals surface area contributed by atoms with E-state index >= 15 is 0 Å². The average molecular weight is 421 g/mol. The van der Waals surface area contributed by atoms with Gasteiger partial charge in [0, 0.05) is 0 Å². The van der Waals surface area contributed by atoms with Crippen molar-refractivity contribution >= 4 is 5.97 Å². The fourth-order valence-corrected chi connectivity index (χ4v) is 3.55. The lowest BCUT2D eigenvalue weighted by molar-refractivity contribution is 0.0526. The Hall–Kier alpha value is -3.14. The molecule has 0 radical (unpaired) electrons. The van der Waals surface area contributed by atoms with E-state index < -0.39 is 0 Å². The molecule has 0 saturated heterocycles. The monoisotopic (exact) mass is 420 g/mol. The van der Waals surface area contributed by atoms with Crippen molar-refractivity contribution in [1.29, 1.82) is 0 Å². The molecule has 0 aliphatic carbocycles. The molecule has 0 saturated carbocycles. The van der Waals surface area contributed by atoms with Crippen molar-refractivity contribution in [2.24, 2.45) is 0 Å². The van der Waals surface area contributed by atoms with Crippen molar-refractivity contribution in [1.82, 2.24) is 0 Å². The van der Waals surface area contributed by atoms with Crippen LogP contribution in [0, 0.1) is 5.82 Å². The molecule has 3 rings (SSSR count). The maximum atomic E-state index is 14.2. The highest BCUT2D eigenvalue weighted by molar-refractivity contribution is 5.89. The van der Waals surface area contributed by atoms with Gasteiger partial charge in [-0.2, -0.15) is 0 Å². The van der Waals surface area contributed by atoms with Gasteiger partial charge >= 0.3 is 5.97 Å². The molecule has 162 valence electrons. The van der Waals surface area contributed by atoms with Crippen LogP contribution >= 0.6 is 0 Å². The van der Waals surface area contributed by atoms with Gasteiger partial charge < -0.3 is 9.47 Å². The Labute approximate surface area is 183 Å². The van der Waals surface area contributed by atoms with E-state index in [-0.39, 0.29) is 23.0 Å². The number of carbonyl (C=O) groups excluding carboxylic acids is 1. The van der Waals surface area contributed by atoms with Gasteiger partial charge in [0.05, 0.1) is 12.2 Å². The van der Waals surface area contributed by atoms with Crippen LogP contribution in [0.2, 0.25) is 0 Å². The van der Waals surface area contributed by atoms with Crippen molar-refractivity contribution < 1.29 is 18.7 Å². The second kappa shape index (κ2) is 10.3. The molecule has 0 spiro atoms. The van der Waals surface area contributed by atoms with Crippen molar-refractivity contribution in [3.8, 4) is 11.5 Å². The molecule has 0 N–H and O–H groups in total. The molecule has 3 aromatic carbocycles. The smallest absolute Gasteiger partial charge is 0.338 e. The van der Waals surface area contributed by atoms with Crippen molar-refractivity contribution in [2.45, 2.75) is 45.4 Å². The third-order valence-electron chi connectivity index (χ3n) is 5.41. The second-order valence-corrected chi connectivity index (χ2v) is 8.22. The molecule has 0 aliphatic heterocycles. The van der Waals surface area contributed by atoms with Crippen molar-refractivity contribution in [3.05, 3.63) is 95.3 Å². The van der Waals surface area contributed by atoms with Crippen LogP contribution in [0.4, 0.5) is 4.39 Å². The number of benzene rings is 3. The number of rotatable bonds is 9. The topological polar surface area (TPSA) is 35.5 Å². The van der Waals surface area contributed by atoms with E-state index in [1.54, 1.807) is 13.0 Å². The zero-order valence-electron chi connectivity index (χ0n) is 18.4. The van der Waals surface area contributed by atoms with Gasteiger partial charge in [-0.25, -0.2) is 9.18 Å². The highest BCUT2D eigenvalue weighted by Gasteiger charge is 2.21. The number of para-hydroxylation sites is 1. The van der Waals surface area contributed by atoms with Crippen LogP contribution in [-0.4, -0.2) is 12.6 Å². The normalized spacial score (nSPS) is 11.2. The zero-order chi connectivity index (χ0) is 22.3. The Bertz CT molecular complexity index is 995. The third-order valence-corrected chi connectivity index (χ3v) is 5.41. The van der Waals surface area contributed by atoms with E-state index in [0.29, 0.717) is 17.9 Å². The minimum atomic E-state index is -0.366. The summed E-state index contributed by atoms with van der Waals surface area (Å²) in [6.45, 7) is 6.56. The van der Waals surface area contributed by atoms with Gasteiger partial charge in [-0.3, -0.25) is 0 Å². The minimum absolute atomic E-state index is 0.0450. The number of carbonyl (C=O) groups is 1. The van der Waals surface area contributed by atoms with Crippen LogP contribution in [0.3, 0.4) is 0 Å². The summed E-state index contributed by atoms with van der Waals surface area (Å²) in [5.41, 5.74) is 2.74. The summed E-state index contributed by atoms with van der Waals surface area (Å²) in [5.74, 6) is 0.203. The van der Waals surface area contributed by atoms with Crippen LogP contribution in [0.5, 0.6) is 11.5 Å². The predicted molar refractivity (Wildman–Crippen MR) is 121 cm³/mol. The van der Waals surface area contributed by atoms with Crippen LogP contribution in [0.1, 0.15) is 55.1 Å². The molecule has 0 atom stereocenters. The number of ether oxygens (including phenoxy) is 2. The van der Waals surface area contributed by atoms with Crippen molar-refractivity contribution in [2.75, 3.05) is 6.61 Å². The molecule has 0 amide bonds. The van der Waals surface area contributed by atoms with Gasteiger partial charge in [0.2, 0.25) is 0 Å². The standard InChI is InChI=1S/C27H29FO3/c1-4-30-26(29)21-13-15-22(16-14-21)27(2,3)18-8-9-20-12-17-24(28)25(19-20)31-23-10-6-5-7-11-23/h5-7,10-17,19H,4,8-9,18H2,1-3H3. The lowest BCUT2D eigenvalue weighted by Crippen LogP contribution is -2.17. The molecule has 0 aliphatic rings. The average Bonchev–Trinajstić information content (AvgIpc) is 2.77. The molecular formula is C27H29FO3. The van der Waals surface area contributed by atoms with Gasteiger partial charge in [0.25, 0.3) is 0 Å². The molecule has 0 unspecified atom stereocenters. The first-order valence-corrected chi connectivity index (χ1v) is 10.7. The number of hydrogen-bond acceptors (Lipinski definition) is 3. The summed E-state index contributed by atoms with van der Waals surface area (Å²) in [6, 6.07) is 21.9. The number of halogens is 1. The van der Waals surface area contributed by atoms with Gasteiger partial charge in [-0.1, -0.05) is 50.2 Å². The molecule has 3 nitrogen and oxygen atoms in total. The Morgan fingerprint density at radius 3 is 2.35 bits per heavy atom. The van der Waals surface area contributed by atoms with Crippen LogP contribution in [0.25, 0.3) is 0 Å². The van der Waals surface area contributed by atoms with E-state index in [9.17, 15) is 9.18 Å². The second-order valence-electron chi connectivity index (χ2n) is 8.22. The maximum Gasteiger partial charge on any atom is 0.338 e. The largest absolute Gasteiger partial charge is 0.462 e. The summed E-state index contributed by atoms with van der Waals surface area (Å²) >= 11 is 0. The fourth-order valence-electron chi connectivity index (χ4n) is 3.55. The van der Waals surface area contributed by atoms with E-state index in [0.717, 1.165) is 24.8 Å². The molecule has 0 fully saturated rings. The Kier molecular flexibility index (Phi) is 7.45. The quantitative estimate of drug-likeness (QED) is 0.347. The summed E-state index contributed by atoms with van der Waals surface area (Å²) < 4.78 is 24.9. The number of hydrogen-bond donors (Lipinski definition) is 0. The Morgan fingerprint density at radius 1 is 0.968 bits per heavy atom. The molecule has 31 heavy (non-hydrogen) atoms. The highest BCUT2D eigenvalue weighted by atomic mass is 19.1. The van der Waals surface area contributed by atoms with Crippen LogP contribution < -0.4 is 4.74 Å². The molecular weight excluding hydrogens is 391 g/mol. The number of aryl methyl sites for hydroxylation is 1. The summed E-state index contributed by atoms with van der Waals surface area (Å²) in [5, 5.41) is 0.